The van der Waals surface area contributed by atoms with Crippen molar-refractivity contribution in [1.82, 2.24) is 0 Å². The van der Waals surface area contributed by atoms with Crippen LogP contribution in [0.25, 0.3) is 0 Å². The summed E-state index contributed by atoms with van der Waals surface area (Å²) in [6.07, 6.45) is 8.66. The Labute approximate surface area is 182 Å². The van der Waals surface area contributed by atoms with Gasteiger partial charge in [-0.25, -0.2) is 0 Å². The van der Waals surface area contributed by atoms with Gasteiger partial charge in [0.05, 0.1) is 24.9 Å². The molecule has 0 bridgehead atoms. The Morgan fingerprint density at radius 2 is 1.43 bits per heavy atom. The normalized spacial score (nSPS) is 27.1. The van der Waals surface area contributed by atoms with E-state index in [4.69, 9.17) is 9.47 Å². The molecule has 5 atom stereocenters. The van der Waals surface area contributed by atoms with Gasteiger partial charge in [0, 0.05) is 18.8 Å². The minimum Gasteiger partial charge on any atom is -0.466 e. The predicted molar refractivity (Wildman–Crippen MR) is 117 cm³/mol. The van der Waals surface area contributed by atoms with E-state index in [-0.39, 0.29) is 23.8 Å². The van der Waals surface area contributed by atoms with Gasteiger partial charge < -0.3 is 19.7 Å². The third-order valence-corrected chi connectivity index (χ3v) is 6.46. The number of rotatable bonds is 15. The molecule has 0 aromatic rings. The molecule has 0 unspecified atom stereocenters. The summed E-state index contributed by atoms with van der Waals surface area (Å²) >= 11 is 0. The van der Waals surface area contributed by atoms with Crippen LogP contribution >= 0.6 is 0 Å². The quantitative estimate of drug-likeness (QED) is 0.297. The van der Waals surface area contributed by atoms with Crippen LogP contribution in [0.1, 0.15) is 98.3 Å². The maximum absolute atomic E-state index is 11.5. The Hall–Kier alpha value is -1.14. The largest absolute Gasteiger partial charge is 0.466 e. The Kier molecular flexibility index (Phi) is 12.6. The first-order chi connectivity index (χ1) is 14.2. The SMILES string of the molecule is CCOC(=O)CCCCC[C@@H]1C[C@](C)(O)[C@H]([C@@H](C)O)[C@H]1CCCCCC(=O)OCC. The second-order valence-electron chi connectivity index (χ2n) is 9.06. The molecule has 6 nitrogen and oxygen atoms in total. The molecule has 0 saturated heterocycles. The van der Waals surface area contributed by atoms with Crippen molar-refractivity contribution in [2.75, 3.05) is 13.2 Å². The molecule has 0 radical (unpaired) electrons. The van der Waals surface area contributed by atoms with E-state index in [1.807, 2.05) is 20.8 Å². The zero-order valence-corrected chi connectivity index (χ0v) is 19.5. The molecule has 30 heavy (non-hydrogen) atoms. The molecule has 1 aliphatic carbocycles. The Balaban J connectivity index is 2.48. The zero-order valence-electron chi connectivity index (χ0n) is 19.5. The molecule has 0 heterocycles. The van der Waals surface area contributed by atoms with Crippen molar-refractivity contribution in [2.24, 2.45) is 17.8 Å². The van der Waals surface area contributed by atoms with Crippen LogP contribution in [0, 0.1) is 17.8 Å². The number of esters is 2. The molecular weight excluding hydrogens is 384 g/mol. The molecule has 0 aromatic carbocycles. The van der Waals surface area contributed by atoms with Gasteiger partial charge in [0.1, 0.15) is 0 Å². The third-order valence-electron chi connectivity index (χ3n) is 6.46. The summed E-state index contributed by atoms with van der Waals surface area (Å²) in [4.78, 5) is 22.9. The summed E-state index contributed by atoms with van der Waals surface area (Å²) in [5, 5.41) is 21.3. The minimum atomic E-state index is -0.848. The van der Waals surface area contributed by atoms with Gasteiger partial charge in [0.25, 0.3) is 0 Å². The first kappa shape index (κ1) is 26.9. The molecule has 6 heteroatoms. The first-order valence-electron chi connectivity index (χ1n) is 11.9. The average Bonchev–Trinajstić information content (AvgIpc) is 2.91. The van der Waals surface area contributed by atoms with Gasteiger partial charge >= 0.3 is 11.9 Å². The molecule has 0 aliphatic heterocycles. The van der Waals surface area contributed by atoms with Crippen molar-refractivity contribution in [3.05, 3.63) is 0 Å². The number of ether oxygens (including phenoxy) is 2. The Morgan fingerprint density at radius 3 is 1.90 bits per heavy atom. The van der Waals surface area contributed by atoms with E-state index < -0.39 is 11.7 Å². The monoisotopic (exact) mass is 428 g/mol. The van der Waals surface area contributed by atoms with E-state index in [9.17, 15) is 19.8 Å². The van der Waals surface area contributed by atoms with E-state index in [2.05, 4.69) is 0 Å². The summed E-state index contributed by atoms with van der Waals surface area (Å²) < 4.78 is 9.94. The number of hydrogen-bond donors (Lipinski definition) is 2. The van der Waals surface area contributed by atoms with Crippen LogP contribution in [0.3, 0.4) is 0 Å². The lowest BCUT2D eigenvalue weighted by Gasteiger charge is -2.32. The van der Waals surface area contributed by atoms with Gasteiger partial charge in [-0.15, -0.1) is 0 Å². The molecular formula is C24H44O6. The molecule has 0 spiro atoms. The summed E-state index contributed by atoms with van der Waals surface area (Å²) in [6, 6.07) is 0. The topological polar surface area (TPSA) is 93.1 Å². The van der Waals surface area contributed by atoms with Gasteiger partial charge in [-0.05, 0) is 65.2 Å². The average molecular weight is 429 g/mol. The molecule has 1 aliphatic rings. The maximum atomic E-state index is 11.5. The molecule has 1 rings (SSSR count). The van der Waals surface area contributed by atoms with Crippen LogP contribution in [0.4, 0.5) is 0 Å². The highest BCUT2D eigenvalue weighted by Crippen LogP contribution is 2.50. The van der Waals surface area contributed by atoms with Gasteiger partial charge in [-0.3, -0.25) is 9.59 Å². The Bertz CT molecular complexity index is 502. The van der Waals surface area contributed by atoms with Crippen LogP contribution in [-0.4, -0.2) is 47.1 Å². The number of aliphatic hydroxyl groups is 2. The second-order valence-corrected chi connectivity index (χ2v) is 9.06. The van der Waals surface area contributed by atoms with Crippen molar-refractivity contribution < 1.29 is 29.3 Å². The molecule has 1 saturated carbocycles. The van der Waals surface area contributed by atoms with E-state index in [0.717, 1.165) is 51.4 Å². The molecule has 0 aromatic heterocycles. The van der Waals surface area contributed by atoms with Crippen LogP contribution < -0.4 is 0 Å². The van der Waals surface area contributed by atoms with E-state index in [0.29, 0.717) is 38.4 Å². The maximum Gasteiger partial charge on any atom is 0.305 e. The minimum absolute atomic E-state index is 0.118. The van der Waals surface area contributed by atoms with Crippen molar-refractivity contribution in [3.8, 4) is 0 Å². The highest BCUT2D eigenvalue weighted by Gasteiger charge is 2.50. The predicted octanol–water partition coefficient (Wildman–Crippen LogP) is 4.40. The van der Waals surface area contributed by atoms with E-state index in [1.165, 1.54) is 0 Å². The van der Waals surface area contributed by atoms with Gasteiger partial charge in [0.2, 0.25) is 0 Å². The van der Waals surface area contributed by atoms with Crippen molar-refractivity contribution in [3.63, 3.8) is 0 Å². The number of carbonyl (C=O) groups is 2. The summed E-state index contributed by atoms with van der Waals surface area (Å²) in [5.74, 6) is 0.284. The summed E-state index contributed by atoms with van der Waals surface area (Å²) in [7, 11) is 0. The lowest BCUT2D eigenvalue weighted by molar-refractivity contribution is -0.144. The lowest BCUT2D eigenvalue weighted by Crippen LogP contribution is -2.39. The van der Waals surface area contributed by atoms with Crippen molar-refractivity contribution in [1.29, 1.82) is 0 Å². The standard InChI is InChI=1S/C24H44O6/c1-5-29-21(26)15-11-7-9-13-19-17-24(4,28)23(18(3)25)20(19)14-10-8-12-16-22(27)30-6-2/h18-20,23,25,28H,5-17H2,1-4H3/t18-,19-,20+,23-,24+/m1/s1. The van der Waals surface area contributed by atoms with Gasteiger partial charge in [0.15, 0.2) is 0 Å². The fourth-order valence-electron chi connectivity index (χ4n) is 5.33. The van der Waals surface area contributed by atoms with Crippen molar-refractivity contribution in [2.45, 2.75) is 110 Å². The van der Waals surface area contributed by atoms with Crippen LogP contribution in [0.5, 0.6) is 0 Å². The smallest absolute Gasteiger partial charge is 0.305 e. The van der Waals surface area contributed by atoms with Crippen molar-refractivity contribution >= 4 is 11.9 Å². The summed E-state index contributed by atoms with van der Waals surface area (Å²) in [6.45, 7) is 8.13. The molecule has 176 valence electrons. The van der Waals surface area contributed by atoms with E-state index >= 15 is 0 Å². The molecule has 1 fully saturated rings. The number of unbranched alkanes of at least 4 members (excludes halogenated alkanes) is 4. The number of aliphatic hydroxyl groups excluding tert-OH is 1. The lowest BCUT2D eigenvalue weighted by atomic mass is 9.78. The van der Waals surface area contributed by atoms with E-state index in [1.54, 1.807) is 6.92 Å². The second kappa shape index (κ2) is 14.0. The van der Waals surface area contributed by atoms with Gasteiger partial charge in [-0.1, -0.05) is 32.1 Å². The fourth-order valence-corrected chi connectivity index (χ4v) is 5.33. The highest BCUT2D eigenvalue weighted by molar-refractivity contribution is 5.69. The molecule has 2 N–H and O–H groups in total. The Morgan fingerprint density at radius 1 is 0.933 bits per heavy atom. The first-order valence-corrected chi connectivity index (χ1v) is 11.9. The highest BCUT2D eigenvalue weighted by atomic mass is 16.5. The van der Waals surface area contributed by atoms with Crippen LogP contribution in [0.2, 0.25) is 0 Å². The number of carbonyl (C=O) groups excluding carboxylic acids is 2. The van der Waals surface area contributed by atoms with Gasteiger partial charge in [-0.2, -0.15) is 0 Å². The van der Waals surface area contributed by atoms with Crippen LogP contribution in [0.15, 0.2) is 0 Å². The van der Waals surface area contributed by atoms with Crippen LogP contribution in [-0.2, 0) is 19.1 Å². The fraction of sp³-hybridized carbons (Fsp3) is 0.917. The third kappa shape index (κ3) is 9.34. The number of hydrogen-bond acceptors (Lipinski definition) is 6. The molecule has 0 amide bonds. The zero-order chi connectivity index (χ0) is 22.6. The summed E-state index contributed by atoms with van der Waals surface area (Å²) in [5.41, 5.74) is -0.848.